The van der Waals surface area contributed by atoms with Gasteiger partial charge in [-0.05, 0) is 29.7 Å². The molecule has 0 radical (unpaired) electrons. The summed E-state index contributed by atoms with van der Waals surface area (Å²) in [7, 11) is 0. The number of rotatable bonds is 5. The molecular weight excluding hydrogens is 294 g/mol. The molecule has 0 aliphatic carbocycles. The maximum Gasteiger partial charge on any atom is 0.254 e. The highest BCUT2D eigenvalue weighted by atomic mass is 16.2. The molecule has 3 aromatic rings. The lowest BCUT2D eigenvalue weighted by Gasteiger charge is -2.24. The van der Waals surface area contributed by atoms with Crippen molar-refractivity contribution in [2.75, 3.05) is 0 Å². The summed E-state index contributed by atoms with van der Waals surface area (Å²) in [4.78, 5) is 15.0. The molecule has 0 saturated heterocycles. The van der Waals surface area contributed by atoms with Crippen LogP contribution in [0.15, 0.2) is 84.9 Å². The Bertz CT molecular complexity index is 755. The van der Waals surface area contributed by atoms with Crippen LogP contribution in [0.2, 0.25) is 0 Å². The van der Waals surface area contributed by atoms with E-state index in [1.54, 1.807) is 0 Å². The predicted octanol–water partition coefficient (Wildman–Crippen LogP) is 4.84. The molecule has 2 nitrogen and oxygen atoms in total. The van der Waals surface area contributed by atoms with Crippen molar-refractivity contribution in [1.82, 2.24) is 4.90 Å². The van der Waals surface area contributed by atoms with Gasteiger partial charge in [0.2, 0.25) is 0 Å². The highest BCUT2D eigenvalue weighted by Crippen LogP contribution is 2.16. The van der Waals surface area contributed by atoms with Gasteiger partial charge in [0.05, 0.1) is 0 Å². The summed E-state index contributed by atoms with van der Waals surface area (Å²) in [6.07, 6.45) is 0. The van der Waals surface area contributed by atoms with Crippen molar-refractivity contribution >= 4 is 5.91 Å². The highest BCUT2D eigenvalue weighted by molar-refractivity contribution is 5.95. The molecule has 0 heterocycles. The lowest BCUT2D eigenvalue weighted by molar-refractivity contribution is 0.0729. The third kappa shape index (κ3) is 3.90. The molecule has 1 amide bonds. The average Bonchev–Trinajstić information content (AvgIpc) is 2.63. The number of carbonyl (C=O) groups excluding carboxylic acids is 1. The number of hydrogen-bond acceptors (Lipinski definition) is 1. The van der Waals surface area contributed by atoms with Crippen molar-refractivity contribution in [3.8, 4) is 0 Å². The van der Waals surface area contributed by atoms with Gasteiger partial charge in [0.15, 0.2) is 0 Å². The monoisotopic (exact) mass is 315 g/mol. The van der Waals surface area contributed by atoms with E-state index >= 15 is 0 Å². The third-order valence-electron chi connectivity index (χ3n) is 4.10. The summed E-state index contributed by atoms with van der Waals surface area (Å²) in [6, 6.07) is 28.0. The Labute approximate surface area is 143 Å². The van der Waals surface area contributed by atoms with Crippen molar-refractivity contribution in [1.29, 1.82) is 0 Å². The van der Waals surface area contributed by atoms with Crippen LogP contribution in [0, 0.1) is 6.92 Å². The van der Waals surface area contributed by atoms with Gasteiger partial charge in [0.25, 0.3) is 5.91 Å². The van der Waals surface area contributed by atoms with Gasteiger partial charge in [0.1, 0.15) is 0 Å². The number of nitrogens with zero attached hydrogens (tertiary/aromatic N) is 1. The van der Waals surface area contributed by atoms with Gasteiger partial charge in [0, 0.05) is 18.7 Å². The van der Waals surface area contributed by atoms with Crippen LogP contribution in [0.1, 0.15) is 27.0 Å². The molecule has 0 N–H and O–H groups in total. The van der Waals surface area contributed by atoms with E-state index in [0.29, 0.717) is 13.1 Å². The second-order valence-electron chi connectivity index (χ2n) is 5.95. The van der Waals surface area contributed by atoms with Gasteiger partial charge in [-0.25, -0.2) is 0 Å². The van der Waals surface area contributed by atoms with Crippen LogP contribution in [-0.4, -0.2) is 10.8 Å². The Kier molecular flexibility index (Phi) is 5.07. The summed E-state index contributed by atoms with van der Waals surface area (Å²) < 4.78 is 0. The van der Waals surface area contributed by atoms with E-state index in [9.17, 15) is 4.79 Å². The first kappa shape index (κ1) is 16.0. The molecule has 0 atom stereocenters. The molecule has 0 bridgehead atoms. The van der Waals surface area contributed by atoms with Gasteiger partial charge in [-0.2, -0.15) is 0 Å². The lowest BCUT2D eigenvalue weighted by Crippen LogP contribution is -2.30. The Morgan fingerprint density at radius 3 is 1.67 bits per heavy atom. The van der Waals surface area contributed by atoms with E-state index in [2.05, 4.69) is 24.3 Å². The van der Waals surface area contributed by atoms with Crippen LogP contribution in [0.25, 0.3) is 0 Å². The van der Waals surface area contributed by atoms with Gasteiger partial charge in [-0.15, -0.1) is 0 Å². The predicted molar refractivity (Wildman–Crippen MR) is 97.6 cm³/mol. The Hall–Kier alpha value is -2.87. The SMILES string of the molecule is Cc1ccccc1C(=O)N(Cc1ccccc1)Cc1ccccc1. The lowest BCUT2D eigenvalue weighted by atomic mass is 10.1. The van der Waals surface area contributed by atoms with Crippen molar-refractivity contribution in [3.05, 3.63) is 107 Å². The Balaban J connectivity index is 1.89. The zero-order valence-corrected chi connectivity index (χ0v) is 13.9. The normalized spacial score (nSPS) is 10.4. The molecule has 0 aliphatic heterocycles. The molecule has 24 heavy (non-hydrogen) atoms. The first-order chi connectivity index (χ1) is 11.7. The second-order valence-corrected chi connectivity index (χ2v) is 5.95. The van der Waals surface area contributed by atoms with E-state index in [-0.39, 0.29) is 5.91 Å². The molecule has 0 unspecified atom stereocenters. The fraction of sp³-hybridized carbons (Fsp3) is 0.136. The van der Waals surface area contributed by atoms with E-state index < -0.39 is 0 Å². The molecule has 2 heteroatoms. The van der Waals surface area contributed by atoms with Crippen molar-refractivity contribution < 1.29 is 4.79 Å². The van der Waals surface area contributed by atoms with Gasteiger partial charge in [-0.3, -0.25) is 4.79 Å². The van der Waals surface area contributed by atoms with E-state index in [4.69, 9.17) is 0 Å². The van der Waals surface area contributed by atoms with Crippen molar-refractivity contribution in [3.63, 3.8) is 0 Å². The third-order valence-corrected chi connectivity index (χ3v) is 4.10. The minimum atomic E-state index is 0.0702. The smallest absolute Gasteiger partial charge is 0.254 e. The van der Waals surface area contributed by atoms with E-state index in [1.165, 1.54) is 0 Å². The number of carbonyl (C=O) groups is 1. The maximum absolute atomic E-state index is 13.1. The van der Waals surface area contributed by atoms with Gasteiger partial charge >= 0.3 is 0 Å². The first-order valence-corrected chi connectivity index (χ1v) is 8.17. The zero-order chi connectivity index (χ0) is 16.8. The van der Waals surface area contributed by atoms with Crippen LogP contribution in [0.5, 0.6) is 0 Å². The first-order valence-electron chi connectivity index (χ1n) is 8.17. The van der Waals surface area contributed by atoms with Gasteiger partial charge < -0.3 is 4.90 Å². The van der Waals surface area contributed by atoms with Crippen LogP contribution in [0.4, 0.5) is 0 Å². The largest absolute Gasteiger partial charge is 0.330 e. The number of benzene rings is 3. The number of amides is 1. The Morgan fingerprint density at radius 1 is 0.708 bits per heavy atom. The fourth-order valence-electron chi connectivity index (χ4n) is 2.79. The van der Waals surface area contributed by atoms with Crippen molar-refractivity contribution in [2.45, 2.75) is 20.0 Å². The van der Waals surface area contributed by atoms with Crippen molar-refractivity contribution in [2.24, 2.45) is 0 Å². The molecule has 0 saturated carbocycles. The minimum absolute atomic E-state index is 0.0702. The molecule has 0 spiro atoms. The fourth-order valence-corrected chi connectivity index (χ4v) is 2.79. The van der Waals surface area contributed by atoms with Crippen LogP contribution < -0.4 is 0 Å². The molecule has 120 valence electrons. The van der Waals surface area contributed by atoms with E-state index in [0.717, 1.165) is 22.3 Å². The van der Waals surface area contributed by atoms with Gasteiger partial charge in [-0.1, -0.05) is 78.9 Å². The summed E-state index contributed by atoms with van der Waals surface area (Å²) in [5.74, 6) is 0.0702. The second kappa shape index (κ2) is 7.60. The molecular formula is C22H21NO. The summed E-state index contributed by atoms with van der Waals surface area (Å²) >= 11 is 0. The molecule has 3 rings (SSSR count). The average molecular weight is 315 g/mol. The summed E-state index contributed by atoms with van der Waals surface area (Å²) in [5.41, 5.74) is 4.05. The quantitative estimate of drug-likeness (QED) is 0.660. The summed E-state index contributed by atoms with van der Waals surface area (Å²) in [6.45, 7) is 3.18. The molecule has 0 fully saturated rings. The van der Waals surface area contributed by atoms with Crippen LogP contribution >= 0.6 is 0 Å². The molecule has 0 aliphatic rings. The summed E-state index contributed by atoms with van der Waals surface area (Å²) in [5, 5.41) is 0. The van der Waals surface area contributed by atoms with E-state index in [1.807, 2.05) is 72.5 Å². The Morgan fingerprint density at radius 2 is 1.17 bits per heavy atom. The standard InChI is InChI=1S/C22H21NO/c1-18-10-8-9-15-21(18)22(24)23(16-19-11-4-2-5-12-19)17-20-13-6-3-7-14-20/h2-15H,16-17H2,1H3. The topological polar surface area (TPSA) is 20.3 Å². The maximum atomic E-state index is 13.1. The minimum Gasteiger partial charge on any atom is -0.330 e. The van der Waals surface area contributed by atoms with Crippen LogP contribution in [0.3, 0.4) is 0 Å². The zero-order valence-electron chi connectivity index (χ0n) is 13.9. The number of hydrogen-bond donors (Lipinski definition) is 0. The number of aryl methyl sites for hydroxylation is 1. The highest BCUT2D eigenvalue weighted by Gasteiger charge is 2.18. The van der Waals surface area contributed by atoms with Crippen LogP contribution in [-0.2, 0) is 13.1 Å². The molecule has 3 aromatic carbocycles. The molecule has 0 aromatic heterocycles.